The van der Waals surface area contributed by atoms with Crippen LogP contribution in [0.4, 0.5) is 0 Å². The van der Waals surface area contributed by atoms with E-state index in [1.807, 2.05) is 36.4 Å². The maximum atomic E-state index is 11.8. The van der Waals surface area contributed by atoms with E-state index in [0.29, 0.717) is 6.54 Å². The lowest BCUT2D eigenvalue weighted by atomic mass is 10.2. The van der Waals surface area contributed by atoms with Crippen LogP contribution in [0.3, 0.4) is 0 Å². The van der Waals surface area contributed by atoms with E-state index in [-0.39, 0.29) is 5.69 Å². The van der Waals surface area contributed by atoms with Crippen molar-refractivity contribution < 1.29 is 0 Å². The molecule has 0 aliphatic heterocycles. The highest BCUT2D eigenvalue weighted by atomic mass is 32.2. The highest BCUT2D eigenvalue weighted by molar-refractivity contribution is 7.99. The van der Waals surface area contributed by atoms with Crippen molar-refractivity contribution >= 4 is 11.8 Å². The van der Waals surface area contributed by atoms with Gasteiger partial charge in [-0.25, -0.2) is 4.79 Å². The Morgan fingerprint density at radius 2 is 2.06 bits per heavy atom. The van der Waals surface area contributed by atoms with Crippen LogP contribution < -0.4 is 5.69 Å². The molecule has 1 aromatic carbocycles. The molecular formula is C14H14N2OS. The topological polar surface area (TPSA) is 34.9 Å². The summed E-state index contributed by atoms with van der Waals surface area (Å²) in [5, 5.41) is 0.740. The average Bonchev–Trinajstić information content (AvgIpc) is 2.40. The number of benzene rings is 1. The van der Waals surface area contributed by atoms with Crippen molar-refractivity contribution in [3.63, 3.8) is 0 Å². The van der Waals surface area contributed by atoms with Gasteiger partial charge in [0.1, 0.15) is 5.03 Å². The Bertz CT molecular complexity index is 578. The molecule has 0 N–H and O–H groups in total. The van der Waals surface area contributed by atoms with Gasteiger partial charge in [0, 0.05) is 11.9 Å². The van der Waals surface area contributed by atoms with Crippen molar-refractivity contribution in [2.75, 3.05) is 5.75 Å². The summed E-state index contributed by atoms with van der Waals surface area (Å²) in [4.78, 5) is 15.8. The predicted octanol–water partition coefficient (Wildman–Crippen LogP) is 2.57. The van der Waals surface area contributed by atoms with Gasteiger partial charge in [-0.3, -0.25) is 4.57 Å². The Morgan fingerprint density at radius 3 is 2.72 bits per heavy atom. The predicted molar refractivity (Wildman–Crippen MR) is 75.0 cm³/mol. The van der Waals surface area contributed by atoms with Crippen LogP contribution in [0.15, 0.2) is 65.1 Å². The zero-order chi connectivity index (χ0) is 12.8. The molecule has 0 bridgehead atoms. The molecule has 3 nitrogen and oxygen atoms in total. The molecular weight excluding hydrogens is 244 g/mol. The standard InChI is InChI=1S/C14H14N2OS/c1-2-10-18-13-8-9-16(14(17)15-13)11-12-6-4-3-5-7-12/h2-9H,1,10-11H2. The molecule has 1 aromatic heterocycles. The van der Waals surface area contributed by atoms with Gasteiger partial charge in [-0.1, -0.05) is 36.4 Å². The lowest BCUT2D eigenvalue weighted by molar-refractivity contribution is 0.709. The van der Waals surface area contributed by atoms with Crippen LogP contribution in [0.1, 0.15) is 5.56 Å². The van der Waals surface area contributed by atoms with E-state index in [1.165, 1.54) is 11.8 Å². The molecule has 2 rings (SSSR count). The van der Waals surface area contributed by atoms with Gasteiger partial charge in [-0.15, -0.1) is 18.3 Å². The zero-order valence-corrected chi connectivity index (χ0v) is 10.8. The number of aromatic nitrogens is 2. The average molecular weight is 258 g/mol. The van der Waals surface area contributed by atoms with E-state index >= 15 is 0 Å². The number of hydrogen-bond donors (Lipinski definition) is 0. The smallest absolute Gasteiger partial charge is 0.295 e. The second-order valence-electron chi connectivity index (χ2n) is 3.76. The summed E-state index contributed by atoms with van der Waals surface area (Å²) in [6, 6.07) is 11.7. The van der Waals surface area contributed by atoms with Gasteiger partial charge in [-0.2, -0.15) is 4.98 Å². The van der Waals surface area contributed by atoms with Gasteiger partial charge in [0.05, 0.1) is 6.54 Å². The molecule has 0 aliphatic carbocycles. The SMILES string of the molecule is C=CCSc1ccn(Cc2ccccc2)c(=O)n1. The monoisotopic (exact) mass is 258 g/mol. The summed E-state index contributed by atoms with van der Waals surface area (Å²) in [5.74, 6) is 0.759. The fraction of sp³-hybridized carbons (Fsp3) is 0.143. The summed E-state index contributed by atoms with van der Waals surface area (Å²) in [6.45, 7) is 4.19. The lowest BCUT2D eigenvalue weighted by Crippen LogP contribution is -2.23. The molecule has 4 heteroatoms. The summed E-state index contributed by atoms with van der Waals surface area (Å²) in [7, 11) is 0. The molecule has 0 unspecified atom stereocenters. The van der Waals surface area contributed by atoms with Crippen LogP contribution in [0.25, 0.3) is 0 Å². The third-order valence-corrected chi connectivity index (χ3v) is 3.32. The molecule has 0 radical (unpaired) electrons. The molecule has 0 amide bonds. The summed E-state index contributed by atoms with van der Waals surface area (Å²) in [5.41, 5.74) is 0.876. The van der Waals surface area contributed by atoms with Crippen LogP contribution in [0.5, 0.6) is 0 Å². The Morgan fingerprint density at radius 1 is 1.28 bits per heavy atom. The van der Waals surface area contributed by atoms with Crippen LogP contribution >= 0.6 is 11.8 Å². The van der Waals surface area contributed by atoms with E-state index in [9.17, 15) is 4.79 Å². The number of rotatable bonds is 5. The first kappa shape index (κ1) is 12.6. The fourth-order valence-electron chi connectivity index (χ4n) is 1.54. The van der Waals surface area contributed by atoms with Gasteiger partial charge in [0.2, 0.25) is 0 Å². The summed E-state index contributed by atoms with van der Waals surface area (Å²) in [6.07, 6.45) is 3.58. The van der Waals surface area contributed by atoms with Crippen LogP contribution in [0, 0.1) is 0 Å². The van der Waals surface area contributed by atoms with Crippen molar-refractivity contribution in [3.8, 4) is 0 Å². The Kier molecular flexibility index (Phi) is 4.36. The van der Waals surface area contributed by atoms with Crippen molar-refractivity contribution in [1.82, 2.24) is 9.55 Å². The second-order valence-corrected chi connectivity index (χ2v) is 4.80. The molecule has 18 heavy (non-hydrogen) atoms. The third-order valence-electron chi connectivity index (χ3n) is 2.39. The Labute approximate surface area is 110 Å². The molecule has 0 aliphatic rings. The first-order chi connectivity index (χ1) is 8.79. The number of hydrogen-bond acceptors (Lipinski definition) is 3. The van der Waals surface area contributed by atoms with Gasteiger partial charge < -0.3 is 0 Å². The minimum atomic E-state index is -0.215. The van der Waals surface area contributed by atoms with Crippen LogP contribution in [0.2, 0.25) is 0 Å². The van der Waals surface area contributed by atoms with Crippen molar-refractivity contribution in [2.45, 2.75) is 11.6 Å². The highest BCUT2D eigenvalue weighted by Gasteiger charge is 2.01. The molecule has 0 fully saturated rings. The van der Waals surface area contributed by atoms with E-state index in [0.717, 1.165) is 16.3 Å². The van der Waals surface area contributed by atoms with Crippen LogP contribution in [-0.4, -0.2) is 15.3 Å². The second kappa shape index (κ2) is 6.21. The third kappa shape index (κ3) is 3.34. The fourth-order valence-corrected chi connectivity index (χ4v) is 2.13. The maximum Gasteiger partial charge on any atom is 0.348 e. The maximum absolute atomic E-state index is 11.8. The van der Waals surface area contributed by atoms with Crippen molar-refractivity contribution in [2.24, 2.45) is 0 Å². The number of thioether (sulfide) groups is 1. The first-order valence-electron chi connectivity index (χ1n) is 5.64. The summed E-state index contributed by atoms with van der Waals surface area (Å²) >= 11 is 1.51. The largest absolute Gasteiger partial charge is 0.348 e. The minimum absolute atomic E-state index is 0.215. The molecule has 0 atom stereocenters. The van der Waals surface area contributed by atoms with E-state index in [4.69, 9.17) is 0 Å². The van der Waals surface area contributed by atoms with E-state index < -0.39 is 0 Å². The Balaban J connectivity index is 2.15. The van der Waals surface area contributed by atoms with Gasteiger partial charge in [-0.05, 0) is 11.6 Å². The quantitative estimate of drug-likeness (QED) is 0.469. The Hall–Kier alpha value is -1.81. The van der Waals surface area contributed by atoms with Crippen molar-refractivity contribution in [3.05, 3.63) is 71.3 Å². The van der Waals surface area contributed by atoms with Crippen molar-refractivity contribution in [1.29, 1.82) is 0 Å². The minimum Gasteiger partial charge on any atom is -0.295 e. The molecule has 92 valence electrons. The zero-order valence-electron chi connectivity index (χ0n) is 9.95. The van der Waals surface area contributed by atoms with Crippen LogP contribution in [-0.2, 0) is 6.54 Å². The van der Waals surface area contributed by atoms with Gasteiger partial charge in [0.25, 0.3) is 0 Å². The van der Waals surface area contributed by atoms with E-state index in [2.05, 4.69) is 11.6 Å². The number of nitrogens with zero attached hydrogens (tertiary/aromatic N) is 2. The summed E-state index contributed by atoms with van der Waals surface area (Å²) < 4.78 is 1.60. The molecule has 0 saturated carbocycles. The molecule has 1 heterocycles. The molecule has 0 saturated heterocycles. The van der Waals surface area contributed by atoms with Gasteiger partial charge in [0.15, 0.2) is 0 Å². The molecule has 2 aromatic rings. The highest BCUT2D eigenvalue weighted by Crippen LogP contribution is 2.12. The first-order valence-corrected chi connectivity index (χ1v) is 6.63. The van der Waals surface area contributed by atoms with E-state index in [1.54, 1.807) is 16.8 Å². The normalized spacial score (nSPS) is 10.2. The van der Waals surface area contributed by atoms with Gasteiger partial charge >= 0.3 is 5.69 Å². The molecule has 0 spiro atoms. The lowest BCUT2D eigenvalue weighted by Gasteiger charge is -2.05.